The van der Waals surface area contributed by atoms with Crippen LogP contribution < -0.4 is 5.32 Å². The number of rotatable bonds is 3. The van der Waals surface area contributed by atoms with E-state index in [-0.39, 0.29) is 12.0 Å². The Hall–Kier alpha value is -1.40. The maximum atomic E-state index is 13.6. The second kappa shape index (κ2) is 5.49. The lowest BCUT2D eigenvalue weighted by molar-refractivity contribution is 0.241. The van der Waals surface area contributed by atoms with Crippen LogP contribution in [0.5, 0.6) is 11.5 Å². The summed E-state index contributed by atoms with van der Waals surface area (Å²) >= 11 is 0. The molecule has 18 heavy (non-hydrogen) atoms. The van der Waals surface area contributed by atoms with E-state index in [2.05, 4.69) is 10.2 Å². The molecule has 0 amide bonds. The summed E-state index contributed by atoms with van der Waals surface area (Å²) in [5.74, 6) is -3.41. The molecular weight excluding hydrogens is 242 g/mol. The van der Waals surface area contributed by atoms with E-state index in [9.17, 15) is 19.0 Å². The molecule has 0 atom stereocenters. The van der Waals surface area contributed by atoms with E-state index in [4.69, 9.17) is 0 Å². The molecule has 1 aromatic carbocycles. The Morgan fingerprint density at radius 1 is 1.11 bits per heavy atom. The zero-order chi connectivity index (χ0) is 13.1. The van der Waals surface area contributed by atoms with Gasteiger partial charge >= 0.3 is 0 Å². The molecule has 1 aliphatic rings. The van der Waals surface area contributed by atoms with Crippen LogP contribution in [-0.2, 0) is 6.42 Å². The summed E-state index contributed by atoms with van der Waals surface area (Å²) < 4.78 is 27.1. The third-order valence-corrected chi connectivity index (χ3v) is 3.14. The fraction of sp³-hybridized carbons (Fsp3) is 0.500. The highest BCUT2D eigenvalue weighted by Gasteiger charge is 2.19. The van der Waals surface area contributed by atoms with Crippen molar-refractivity contribution in [2.45, 2.75) is 6.42 Å². The number of halogens is 2. The number of aromatic hydroxyl groups is 2. The fourth-order valence-electron chi connectivity index (χ4n) is 2.09. The molecule has 3 N–H and O–H groups in total. The van der Waals surface area contributed by atoms with Crippen LogP contribution in [0.4, 0.5) is 8.78 Å². The summed E-state index contributed by atoms with van der Waals surface area (Å²) in [6, 6.07) is 0.680. The minimum atomic E-state index is -0.986. The molecule has 2 rings (SSSR count). The van der Waals surface area contributed by atoms with Crippen LogP contribution in [0.1, 0.15) is 5.56 Å². The number of nitrogens with zero attached hydrogens (tertiary/aromatic N) is 1. The molecule has 1 aliphatic heterocycles. The van der Waals surface area contributed by atoms with Crippen LogP contribution in [0.2, 0.25) is 0 Å². The lowest BCUT2D eigenvalue weighted by Crippen LogP contribution is -2.44. The average Bonchev–Trinajstić information content (AvgIpc) is 2.38. The van der Waals surface area contributed by atoms with Crippen LogP contribution in [0.3, 0.4) is 0 Å². The summed E-state index contributed by atoms with van der Waals surface area (Å²) in [6.45, 7) is 3.87. The zero-order valence-corrected chi connectivity index (χ0v) is 9.92. The predicted molar refractivity (Wildman–Crippen MR) is 62.7 cm³/mol. The van der Waals surface area contributed by atoms with Crippen molar-refractivity contribution in [1.29, 1.82) is 0 Å². The smallest absolute Gasteiger partial charge is 0.171 e. The maximum absolute atomic E-state index is 13.6. The Labute approximate surface area is 104 Å². The van der Waals surface area contributed by atoms with Gasteiger partial charge < -0.3 is 20.4 Å². The van der Waals surface area contributed by atoms with Crippen molar-refractivity contribution in [1.82, 2.24) is 10.2 Å². The SMILES string of the molecule is Oc1cc(O)c(F)c(CCN2CCNCC2)c1F. The predicted octanol–water partition coefficient (Wildman–Crippen LogP) is 0.824. The van der Waals surface area contributed by atoms with E-state index in [1.165, 1.54) is 0 Å². The monoisotopic (exact) mass is 258 g/mol. The van der Waals surface area contributed by atoms with Crippen molar-refractivity contribution in [2.24, 2.45) is 0 Å². The minimum absolute atomic E-state index is 0.125. The number of piperazine rings is 1. The molecule has 0 spiro atoms. The van der Waals surface area contributed by atoms with E-state index in [0.29, 0.717) is 12.6 Å². The Kier molecular flexibility index (Phi) is 3.98. The highest BCUT2D eigenvalue weighted by atomic mass is 19.1. The first-order chi connectivity index (χ1) is 8.59. The van der Waals surface area contributed by atoms with Gasteiger partial charge in [0.1, 0.15) is 0 Å². The van der Waals surface area contributed by atoms with Crippen molar-refractivity contribution < 1.29 is 19.0 Å². The molecular formula is C12H16F2N2O2. The van der Waals surface area contributed by atoms with Crippen molar-refractivity contribution in [3.8, 4) is 11.5 Å². The quantitative estimate of drug-likeness (QED) is 0.751. The van der Waals surface area contributed by atoms with Gasteiger partial charge in [-0.1, -0.05) is 0 Å². The standard InChI is InChI=1S/C12H16F2N2O2/c13-11-8(12(14)10(18)7-9(11)17)1-4-16-5-2-15-3-6-16/h7,15,17-18H,1-6H2. The Balaban J connectivity index is 2.08. The van der Waals surface area contributed by atoms with Gasteiger partial charge in [0.15, 0.2) is 23.1 Å². The molecule has 1 heterocycles. The molecule has 1 aromatic rings. The lowest BCUT2D eigenvalue weighted by Gasteiger charge is -2.27. The molecule has 1 fully saturated rings. The topological polar surface area (TPSA) is 55.7 Å². The van der Waals surface area contributed by atoms with Gasteiger partial charge in [-0.25, -0.2) is 8.78 Å². The second-order valence-electron chi connectivity index (χ2n) is 4.36. The normalized spacial score (nSPS) is 17.0. The van der Waals surface area contributed by atoms with E-state index in [0.717, 1.165) is 26.2 Å². The zero-order valence-electron chi connectivity index (χ0n) is 9.92. The molecule has 100 valence electrons. The third kappa shape index (κ3) is 2.70. The number of phenols is 2. The molecule has 0 aromatic heterocycles. The summed E-state index contributed by atoms with van der Waals surface area (Å²) in [5, 5.41) is 21.6. The van der Waals surface area contributed by atoms with Gasteiger partial charge in [0, 0.05) is 44.4 Å². The van der Waals surface area contributed by atoms with Crippen LogP contribution in [-0.4, -0.2) is 47.8 Å². The third-order valence-electron chi connectivity index (χ3n) is 3.14. The highest BCUT2D eigenvalue weighted by molar-refractivity contribution is 5.40. The molecule has 0 saturated carbocycles. The first-order valence-electron chi connectivity index (χ1n) is 5.91. The van der Waals surface area contributed by atoms with Crippen molar-refractivity contribution in [2.75, 3.05) is 32.7 Å². The van der Waals surface area contributed by atoms with Crippen molar-refractivity contribution >= 4 is 0 Å². The van der Waals surface area contributed by atoms with Crippen molar-refractivity contribution in [3.63, 3.8) is 0 Å². The van der Waals surface area contributed by atoms with Gasteiger partial charge in [0.05, 0.1) is 0 Å². The van der Waals surface area contributed by atoms with Crippen molar-refractivity contribution in [3.05, 3.63) is 23.3 Å². The van der Waals surface area contributed by atoms with Gasteiger partial charge in [0.2, 0.25) is 0 Å². The first kappa shape index (κ1) is 13.0. The highest BCUT2D eigenvalue weighted by Crippen LogP contribution is 2.30. The van der Waals surface area contributed by atoms with Gasteiger partial charge in [-0.15, -0.1) is 0 Å². The van der Waals surface area contributed by atoms with Gasteiger partial charge in [-0.2, -0.15) is 0 Å². The molecule has 1 saturated heterocycles. The van der Waals surface area contributed by atoms with Gasteiger partial charge in [-0.05, 0) is 6.42 Å². The number of benzene rings is 1. The minimum Gasteiger partial charge on any atom is -0.505 e. The molecule has 0 radical (unpaired) electrons. The van der Waals surface area contributed by atoms with Gasteiger partial charge in [-0.3, -0.25) is 0 Å². The summed E-state index contributed by atoms with van der Waals surface area (Å²) in [7, 11) is 0. The number of nitrogens with one attached hydrogen (secondary N) is 1. The number of hydrogen-bond acceptors (Lipinski definition) is 4. The summed E-state index contributed by atoms with van der Waals surface area (Å²) in [4.78, 5) is 2.08. The van der Waals surface area contributed by atoms with Crippen LogP contribution in [0.15, 0.2) is 6.07 Å². The van der Waals surface area contributed by atoms with Crippen LogP contribution >= 0.6 is 0 Å². The van der Waals surface area contributed by atoms with E-state index in [1.54, 1.807) is 0 Å². The van der Waals surface area contributed by atoms with Crippen LogP contribution in [0, 0.1) is 11.6 Å². The first-order valence-corrected chi connectivity index (χ1v) is 5.91. The lowest BCUT2D eigenvalue weighted by atomic mass is 10.1. The molecule has 0 unspecified atom stereocenters. The van der Waals surface area contributed by atoms with Gasteiger partial charge in [0.25, 0.3) is 0 Å². The molecule has 4 nitrogen and oxygen atoms in total. The largest absolute Gasteiger partial charge is 0.505 e. The fourth-order valence-corrected chi connectivity index (χ4v) is 2.09. The van der Waals surface area contributed by atoms with E-state index >= 15 is 0 Å². The second-order valence-corrected chi connectivity index (χ2v) is 4.36. The molecule has 6 heteroatoms. The van der Waals surface area contributed by atoms with Crippen LogP contribution in [0.25, 0.3) is 0 Å². The molecule has 0 aliphatic carbocycles. The maximum Gasteiger partial charge on any atom is 0.171 e. The summed E-state index contributed by atoms with van der Waals surface area (Å²) in [6.07, 6.45) is 0.125. The Morgan fingerprint density at radius 3 is 2.22 bits per heavy atom. The van der Waals surface area contributed by atoms with E-state index in [1.807, 2.05) is 0 Å². The Bertz CT molecular complexity index is 408. The molecule has 0 bridgehead atoms. The number of phenolic OH excluding ortho intramolecular Hbond substituents is 2. The van der Waals surface area contributed by atoms with E-state index < -0.39 is 23.1 Å². The summed E-state index contributed by atoms with van der Waals surface area (Å²) in [5.41, 5.74) is -0.258. The Morgan fingerprint density at radius 2 is 1.67 bits per heavy atom. The number of hydrogen-bond donors (Lipinski definition) is 3. The average molecular weight is 258 g/mol.